The van der Waals surface area contributed by atoms with E-state index in [1.165, 1.54) is 37.5 Å². The first-order valence-corrected chi connectivity index (χ1v) is 12.1. The van der Waals surface area contributed by atoms with Crippen LogP contribution < -0.4 is 4.72 Å². The third kappa shape index (κ3) is 4.75. The second-order valence-electron chi connectivity index (χ2n) is 6.90. The van der Waals surface area contributed by atoms with Crippen molar-refractivity contribution in [3.05, 3.63) is 89.5 Å². The second kappa shape index (κ2) is 8.63. The standard InChI is InChI=1S/C21H21FN2O4S2/c1-15-5-7-18(8-6-15)29(25,26)21(17-4-3-11-23-13-17)14-24-30(27,28)19-9-10-20(22)16(2)12-19/h3-13,21,24H,14H2,1-2H3. The van der Waals surface area contributed by atoms with Crippen LogP contribution in [0.15, 0.2) is 76.8 Å². The van der Waals surface area contributed by atoms with E-state index in [-0.39, 0.29) is 15.4 Å². The lowest BCUT2D eigenvalue weighted by atomic mass is 10.2. The number of sulfone groups is 1. The van der Waals surface area contributed by atoms with Crippen LogP contribution in [0.2, 0.25) is 0 Å². The van der Waals surface area contributed by atoms with E-state index in [1.54, 1.807) is 24.3 Å². The first-order chi connectivity index (χ1) is 14.1. The van der Waals surface area contributed by atoms with Gasteiger partial charge < -0.3 is 0 Å². The van der Waals surface area contributed by atoms with Gasteiger partial charge in [-0.25, -0.2) is 25.9 Å². The molecule has 1 aromatic heterocycles. The van der Waals surface area contributed by atoms with Crippen molar-refractivity contribution >= 4 is 19.9 Å². The van der Waals surface area contributed by atoms with Gasteiger partial charge in [0.25, 0.3) is 0 Å². The summed E-state index contributed by atoms with van der Waals surface area (Å²) in [6.07, 6.45) is 2.90. The first-order valence-electron chi connectivity index (χ1n) is 9.07. The first kappa shape index (κ1) is 22.1. The van der Waals surface area contributed by atoms with Gasteiger partial charge in [-0.05, 0) is 61.4 Å². The van der Waals surface area contributed by atoms with Crippen LogP contribution in [0.25, 0.3) is 0 Å². The number of hydrogen-bond donors (Lipinski definition) is 1. The molecule has 0 amide bonds. The number of benzene rings is 2. The van der Waals surface area contributed by atoms with Crippen LogP contribution in [0.5, 0.6) is 0 Å². The number of halogens is 1. The van der Waals surface area contributed by atoms with Gasteiger partial charge in [0, 0.05) is 18.9 Å². The zero-order valence-electron chi connectivity index (χ0n) is 16.4. The van der Waals surface area contributed by atoms with Crippen LogP contribution in [0.1, 0.15) is 21.9 Å². The van der Waals surface area contributed by atoms with Gasteiger partial charge in [0.15, 0.2) is 9.84 Å². The summed E-state index contributed by atoms with van der Waals surface area (Å²) in [6.45, 7) is 2.89. The maximum absolute atomic E-state index is 13.5. The molecule has 1 N–H and O–H groups in total. The lowest BCUT2D eigenvalue weighted by molar-refractivity contribution is 0.568. The van der Waals surface area contributed by atoms with Gasteiger partial charge in [-0.2, -0.15) is 0 Å². The van der Waals surface area contributed by atoms with Crippen LogP contribution in [0, 0.1) is 19.7 Å². The smallest absolute Gasteiger partial charge is 0.240 e. The van der Waals surface area contributed by atoms with Crippen molar-refractivity contribution in [3.8, 4) is 0 Å². The van der Waals surface area contributed by atoms with Gasteiger partial charge in [-0.15, -0.1) is 0 Å². The summed E-state index contributed by atoms with van der Waals surface area (Å²) in [4.78, 5) is 3.91. The number of aryl methyl sites for hydroxylation is 2. The third-order valence-corrected chi connectivity index (χ3v) is 8.22. The quantitative estimate of drug-likeness (QED) is 0.598. The van der Waals surface area contributed by atoms with E-state index in [0.717, 1.165) is 17.7 Å². The van der Waals surface area contributed by atoms with E-state index in [2.05, 4.69) is 9.71 Å². The molecule has 0 saturated heterocycles. The van der Waals surface area contributed by atoms with Crippen molar-refractivity contribution in [1.29, 1.82) is 0 Å². The van der Waals surface area contributed by atoms with Crippen LogP contribution in [-0.2, 0) is 19.9 Å². The number of pyridine rings is 1. The summed E-state index contributed by atoms with van der Waals surface area (Å²) in [5, 5.41) is -1.19. The summed E-state index contributed by atoms with van der Waals surface area (Å²) in [6, 6.07) is 12.9. The highest BCUT2D eigenvalue weighted by Crippen LogP contribution is 2.29. The Bertz CT molecular complexity index is 1240. The average Bonchev–Trinajstić information content (AvgIpc) is 2.71. The molecule has 3 rings (SSSR count). The number of aromatic nitrogens is 1. The van der Waals surface area contributed by atoms with Gasteiger partial charge in [0.05, 0.1) is 9.79 Å². The normalized spacial score (nSPS) is 13.2. The topological polar surface area (TPSA) is 93.2 Å². The summed E-state index contributed by atoms with van der Waals surface area (Å²) < 4.78 is 67.8. The Morgan fingerprint density at radius 2 is 1.63 bits per heavy atom. The minimum atomic E-state index is -4.05. The van der Waals surface area contributed by atoms with E-state index in [0.29, 0.717) is 5.56 Å². The van der Waals surface area contributed by atoms with E-state index in [1.807, 2.05) is 6.92 Å². The molecule has 1 heterocycles. The number of hydrogen-bond acceptors (Lipinski definition) is 5. The second-order valence-corrected chi connectivity index (χ2v) is 10.8. The molecule has 0 fully saturated rings. The Morgan fingerprint density at radius 1 is 0.967 bits per heavy atom. The molecule has 3 aromatic rings. The fourth-order valence-electron chi connectivity index (χ4n) is 2.92. The molecule has 0 radical (unpaired) electrons. The highest BCUT2D eigenvalue weighted by Gasteiger charge is 2.31. The monoisotopic (exact) mass is 448 g/mol. The molecule has 1 atom stereocenters. The van der Waals surface area contributed by atoms with Crippen molar-refractivity contribution in [1.82, 2.24) is 9.71 Å². The van der Waals surface area contributed by atoms with Gasteiger partial charge in [-0.1, -0.05) is 23.8 Å². The fourth-order valence-corrected chi connectivity index (χ4v) is 5.80. The van der Waals surface area contributed by atoms with Crippen LogP contribution in [0.3, 0.4) is 0 Å². The Balaban J connectivity index is 1.96. The van der Waals surface area contributed by atoms with Crippen molar-refractivity contribution < 1.29 is 21.2 Å². The highest BCUT2D eigenvalue weighted by atomic mass is 32.2. The molecule has 0 bridgehead atoms. The number of nitrogens with one attached hydrogen (secondary N) is 1. The molecule has 0 aliphatic carbocycles. The van der Waals surface area contributed by atoms with Gasteiger partial charge in [0.1, 0.15) is 11.1 Å². The Morgan fingerprint density at radius 3 is 2.23 bits per heavy atom. The van der Waals surface area contributed by atoms with Gasteiger partial charge >= 0.3 is 0 Å². The highest BCUT2D eigenvalue weighted by molar-refractivity contribution is 7.92. The largest absolute Gasteiger partial charge is 0.264 e. The van der Waals surface area contributed by atoms with Crippen molar-refractivity contribution in [2.24, 2.45) is 0 Å². The summed E-state index contributed by atoms with van der Waals surface area (Å²) in [5.74, 6) is -0.524. The molecule has 0 saturated carbocycles. The maximum Gasteiger partial charge on any atom is 0.240 e. The van der Waals surface area contributed by atoms with Crippen molar-refractivity contribution in [3.63, 3.8) is 0 Å². The number of rotatable bonds is 7. The van der Waals surface area contributed by atoms with Crippen LogP contribution in [-0.4, -0.2) is 28.4 Å². The zero-order chi connectivity index (χ0) is 21.9. The predicted molar refractivity (Wildman–Crippen MR) is 112 cm³/mol. The number of nitrogens with zero attached hydrogens (tertiary/aromatic N) is 1. The third-order valence-electron chi connectivity index (χ3n) is 4.68. The Kier molecular flexibility index (Phi) is 6.35. The summed E-state index contributed by atoms with van der Waals surface area (Å²) in [7, 11) is -7.97. The van der Waals surface area contributed by atoms with Crippen LogP contribution in [0.4, 0.5) is 4.39 Å². The van der Waals surface area contributed by atoms with E-state index < -0.39 is 37.5 Å². The Labute approximate surface area is 175 Å². The molecule has 0 spiro atoms. The molecule has 30 heavy (non-hydrogen) atoms. The molecule has 0 aliphatic heterocycles. The van der Waals surface area contributed by atoms with E-state index in [9.17, 15) is 21.2 Å². The number of sulfonamides is 1. The zero-order valence-corrected chi connectivity index (χ0v) is 18.0. The molecule has 6 nitrogen and oxygen atoms in total. The Hall–Kier alpha value is -2.62. The van der Waals surface area contributed by atoms with E-state index >= 15 is 0 Å². The molecule has 1 unspecified atom stereocenters. The molecule has 9 heteroatoms. The predicted octanol–water partition coefficient (Wildman–Crippen LogP) is 3.33. The van der Waals surface area contributed by atoms with Gasteiger partial charge in [0.2, 0.25) is 10.0 Å². The van der Waals surface area contributed by atoms with E-state index in [4.69, 9.17) is 0 Å². The molecular formula is C21H21FN2O4S2. The SMILES string of the molecule is Cc1ccc(S(=O)(=O)C(CNS(=O)(=O)c2ccc(F)c(C)c2)c2cccnc2)cc1. The van der Waals surface area contributed by atoms with Gasteiger partial charge in [-0.3, -0.25) is 4.98 Å². The molecule has 158 valence electrons. The summed E-state index contributed by atoms with van der Waals surface area (Å²) >= 11 is 0. The molecule has 2 aromatic carbocycles. The summed E-state index contributed by atoms with van der Waals surface area (Å²) in [5.41, 5.74) is 1.43. The van der Waals surface area contributed by atoms with Crippen molar-refractivity contribution in [2.45, 2.75) is 28.9 Å². The van der Waals surface area contributed by atoms with Crippen LogP contribution >= 0.6 is 0 Å². The lowest BCUT2D eigenvalue weighted by Crippen LogP contribution is -2.32. The van der Waals surface area contributed by atoms with Crippen molar-refractivity contribution in [2.75, 3.05) is 6.54 Å². The maximum atomic E-state index is 13.5. The lowest BCUT2D eigenvalue weighted by Gasteiger charge is -2.19. The molecule has 0 aliphatic rings. The fraction of sp³-hybridized carbons (Fsp3) is 0.190. The average molecular weight is 449 g/mol. The minimum Gasteiger partial charge on any atom is -0.264 e. The molecular weight excluding hydrogens is 427 g/mol. The minimum absolute atomic E-state index is 0.0822.